The lowest BCUT2D eigenvalue weighted by atomic mass is 9.85. The summed E-state index contributed by atoms with van der Waals surface area (Å²) in [6.07, 6.45) is 1.50. The fourth-order valence-corrected chi connectivity index (χ4v) is 14.1. The van der Waals surface area contributed by atoms with E-state index in [0.717, 1.165) is 88.4 Å². The van der Waals surface area contributed by atoms with E-state index in [0.29, 0.717) is 35.7 Å². The number of pyridine rings is 1. The molecule has 3 aromatic heterocycles. The van der Waals surface area contributed by atoms with Crippen LogP contribution in [0.25, 0.3) is 32.6 Å². The van der Waals surface area contributed by atoms with Gasteiger partial charge >= 0.3 is 22.1 Å². The van der Waals surface area contributed by atoms with Crippen LogP contribution in [-0.2, 0) is 38.9 Å². The molecule has 4 fully saturated rings. The molecule has 4 saturated heterocycles. The molecule has 0 bridgehead atoms. The first-order valence-corrected chi connectivity index (χ1v) is 31.8. The van der Waals surface area contributed by atoms with Crippen molar-refractivity contribution in [3.8, 4) is 21.6 Å². The number of esters is 1. The molecule has 468 valence electrons. The number of fused-ring (bicyclic) bond motifs is 1. The fourth-order valence-electron chi connectivity index (χ4n) is 12.0. The van der Waals surface area contributed by atoms with Gasteiger partial charge in [0, 0.05) is 99.4 Å². The van der Waals surface area contributed by atoms with Gasteiger partial charge in [0.15, 0.2) is 5.82 Å². The Balaban J connectivity index is 0.716. The zero-order valence-electron chi connectivity index (χ0n) is 49.6. The number of piperidine rings is 1. The van der Waals surface area contributed by atoms with Crippen LogP contribution < -0.4 is 20.3 Å². The van der Waals surface area contributed by atoms with Gasteiger partial charge in [-0.2, -0.15) is 12.7 Å². The molecule has 3 amide bonds. The lowest BCUT2D eigenvalue weighted by Crippen LogP contribution is -2.59. The highest BCUT2D eigenvalue weighted by Crippen LogP contribution is 2.34. The van der Waals surface area contributed by atoms with E-state index in [4.69, 9.17) is 9.84 Å². The first kappa shape index (κ1) is 63.2. The van der Waals surface area contributed by atoms with Crippen LogP contribution in [0.4, 0.5) is 24.5 Å². The number of halogens is 3. The van der Waals surface area contributed by atoms with Gasteiger partial charge in [0.25, 0.3) is 0 Å². The number of carboxylic acids is 1. The standard InChI is InChI=1S/C62H72F3N11O10S2/c1-36(38-6-8-40(9-7-38)57-37(2)68-35-87-57)69-60(82)50-29-45(86-53(80)17-16-52(78)79)33-76(50)61(83)58(62(3,4)5)70-51(77)34-72-21-19-44(20-22-72)74-26-24-73(25-27-74)43-12-10-39(11-13-43)41-28-46-47(31-67-59(46)66-30-41)56(81)54-48(64)14-15-49(55(54)65)71-88(84,85)75-23-18-42(63)32-75/h6-15,28,30-31,35-36,42,44-45,50,58,71H,16-27,29,32-34H2,1-5H3,(H,66,67)(H,69,82)(H,70,77)(H,78,79)/t36?,42-,45-,50+,58?/m1/s1. The molecular weight excluding hydrogens is 1180 g/mol. The van der Waals surface area contributed by atoms with Gasteiger partial charge in [0.05, 0.1) is 59.3 Å². The number of piperazine rings is 1. The van der Waals surface area contributed by atoms with E-state index in [1.807, 2.05) is 87.9 Å². The third kappa shape index (κ3) is 14.4. The summed E-state index contributed by atoms with van der Waals surface area (Å²) in [6.45, 7) is 13.2. The van der Waals surface area contributed by atoms with Crippen LogP contribution in [-0.4, -0.2) is 179 Å². The summed E-state index contributed by atoms with van der Waals surface area (Å²) in [6, 6.07) is 16.8. The summed E-state index contributed by atoms with van der Waals surface area (Å²) in [5, 5.41) is 15.5. The van der Waals surface area contributed by atoms with Gasteiger partial charge in [0.1, 0.15) is 35.8 Å². The molecule has 10 rings (SSSR count). The Hall–Kier alpha value is -7.78. The molecule has 4 aliphatic rings. The summed E-state index contributed by atoms with van der Waals surface area (Å²) < 4.78 is 79.2. The summed E-state index contributed by atoms with van der Waals surface area (Å²) in [5.41, 5.74) is 4.77. The molecule has 0 aliphatic carbocycles. The van der Waals surface area contributed by atoms with Gasteiger partial charge in [-0.25, -0.2) is 23.1 Å². The number of anilines is 2. The Labute approximate surface area is 512 Å². The van der Waals surface area contributed by atoms with Crippen molar-refractivity contribution in [2.24, 2.45) is 5.41 Å². The number of benzene rings is 3. The van der Waals surface area contributed by atoms with Crippen molar-refractivity contribution < 1.29 is 60.2 Å². The molecule has 5 N–H and O–H groups in total. The Morgan fingerprint density at radius 1 is 0.852 bits per heavy atom. The average molecular weight is 1250 g/mol. The molecule has 3 aromatic carbocycles. The largest absolute Gasteiger partial charge is 0.481 e. The molecule has 21 nitrogen and oxygen atoms in total. The van der Waals surface area contributed by atoms with E-state index in [1.165, 1.54) is 22.4 Å². The number of hydrogen-bond acceptors (Lipinski definition) is 15. The van der Waals surface area contributed by atoms with Crippen LogP contribution in [0.15, 0.2) is 84.6 Å². The highest BCUT2D eigenvalue weighted by molar-refractivity contribution is 7.90. The number of nitrogens with one attached hydrogen (secondary N) is 4. The predicted octanol–water partition coefficient (Wildman–Crippen LogP) is 7.24. The van der Waals surface area contributed by atoms with Gasteiger partial charge in [0.2, 0.25) is 23.5 Å². The number of hydrogen-bond donors (Lipinski definition) is 5. The van der Waals surface area contributed by atoms with Gasteiger partial charge in [-0.15, -0.1) is 11.3 Å². The molecule has 0 spiro atoms. The van der Waals surface area contributed by atoms with Crippen LogP contribution in [0, 0.1) is 24.0 Å². The second kappa shape index (κ2) is 26.5. The van der Waals surface area contributed by atoms with Crippen LogP contribution in [0.5, 0.6) is 0 Å². The normalized spacial score (nSPS) is 19.8. The van der Waals surface area contributed by atoms with E-state index in [2.05, 4.69) is 40.3 Å². The highest BCUT2D eigenvalue weighted by atomic mass is 32.2. The molecule has 0 radical (unpaired) electrons. The topological polar surface area (TPSA) is 260 Å². The lowest BCUT2D eigenvalue weighted by molar-refractivity contribution is -0.152. The molecule has 7 heterocycles. The highest BCUT2D eigenvalue weighted by Gasteiger charge is 2.47. The number of carboxylic acid groups (broad SMARTS) is 1. The Bertz CT molecular complexity index is 3700. The van der Waals surface area contributed by atoms with Crippen molar-refractivity contribution in [1.29, 1.82) is 0 Å². The van der Waals surface area contributed by atoms with Crippen molar-refractivity contribution in [3.63, 3.8) is 0 Å². The van der Waals surface area contributed by atoms with Crippen LogP contribution in [0.3, 0.4) is 0 Å². The van der Waals surface area contributed by atoms with Crippen LogP contribution in [0.1, 0.15) is 99.4 Å². The number of thiazole rings is 1. The minimum absolute atomic E-state index is 0.0161. The maximum atomic E-state index is 15.9. The molecule has 5 atom stereocenters. The maximum absolute atomic E-state index is 15.9. The van der Waals surface area contributed by atoms with Crippen molar-refractivity contribution in [3.05, 3.63) is 119 Å². The van der Waals surface area contributed by atoms with E-state index in [9.17, 15) is 41.6 Å². The number of nitrogens with zero attached hydrogens (tertiary/aromatic N) is 7. The summed E-state index contributed by atoms with van der Waals surface area (Å²) in [5.74, 6) is -6.85. The number of ether oxygens (including phenoxy) is 1. The zero-order valence-corrected chi connectivity index (χ0v) is 51.2. The quantitative estimate of drug-likeness (QED) is 0.0373. The van der Waals surface area contributed by atoms with Crippen LogP contribution >= 0.6 is 11.3 Å². The molecule has 26 heteroatoms. The molecule has 4 aliphatic heterocycles. The number of aromatic amines is 1. The molecule has 88 heavy (non-hydrogen) atoms. The van der Waals surface area contributed by atoms with Crippen molar-refractivity contribution >= 4 is 79.4 Å². The second-order valence-corrected chi connectivity index (χ2v) is 26.6. The lowest BCUT2D eigenvalue weighted by Gasteiger charge is -2.43. The monoisotopic (exact) mass is 1250 g/mol. The smallest absolute Gasteiger partial charge is 0.306 e. The number of aryl methyl sites for hydroxylation is 1. The van der Waals surface area contributed by atoms with Gasteiger partial charge < -0.3 is 35.3 Å². The average Bonchev–Trinajstić information content (AvgIpc) is 3.72. The number of aromatic nitrogens is 3. The van der Waals surface area contributed by atoms with E-state index in [1.54, 1.807) is 17.8 Å². The summed E-state index contributed by atoms with van der Waals surface area (Å²) in [4.78, 5) is 102. The minimum atomic E-state index is -4.39. The first-order valence-electron chi connectivity index (χ1n) is 29.5. The van der Waals surface area contributed by atoms with Gasteiger partial charge in [-0.1, -0.05) is 57.2 Å². The van der Waals surface area contributed by atoms with Crippen molar-refractivity contribution in [2.75, 3.05) is 75.1 Å². The molecular formula is C62H72F3N11O10S2. The van der Waals surface area contributed by atoms with E-state index in [-0.39, 0.29) is 50.4 Å². The Morgan fingerprint density at radius 2 is 1.56 bits per heavy atom. The van der Waals surface area contributed by atoms with Crippen LogP contribution in [0.2, 0.25) is 0 Å². The van der Waals surface area contributed by atoms with Gasteiger partial charge in [-0.05, 0) is 85.5 Å². The number of aliphatic carboxylic acids is 1. The molecule has 0 saturated carbocycles. The SMILES string of the molecule is Cc1ncsc1-c1ccc(C(C)NC(=O)[C@@H]2C[C@@H](OC(=O)CCC(=O)O)CN2C(=O)C(NC(=O)CN2CCC(N3CCN(c4ccc(-c5cnc6[nH]cc(C(=O)c7c(F)ccc(NS(=O)(=O)N8CC[C@@H](F)C8)c7F)c6c5)cc4)CC3)CC2)C(C)(C)C)cc1. The Morgan fingerprint density at radius 3 is 2.20 bits per heavy atom. The predicted molar refractivity (Wildman–Crippen MR) is 325 cm³/mol. The minimum Gasteiger partial charge on any atom is -0.481 e. The zero-order chi connectivity index (χ0) is 62.8. The summed E-state index contributed by atoms with van der Waals surface area (Å²) >= 11 is 1.54. The number of ketones is 1. The number of carbonyl (C=O) groups is 6. The maximum Gasteiger partial charge on any atom is 0.306 e. The number of H-pyrrole nitrogens is 1. The number of rotatable bonds is 20. The molecule has 2 unspecified atom stereocenters. The Kier molecular flexibility index (Phi) is 19.1. The second-order valence-electron chi connectivity index (χ2n) is 24.1. The third-order valence-corrected chi connectivity index (χ3v) is 19.4. The van der Waals surface area contributed by atoms with E-state index < -0.39 is 111 Å². The summed E-state index contributed by atoms with van der Waals surface area (Å²) in [7, 11) is -4.39. The third-order valence-electron chi connectivity index (χ3n) is 17.0. The van der Waals surface area contributed by atoms with E-state index >= 15 is 8.78 Å². The first-order chi connectivity index (χ1) is 41.9. The fraction of sp³-hybridized carbons (Fsp3) is 0.452. The number of alkyl halides is 1. The number of likely N-dealkylation sites (tertiary alicyclic amines) is 2. The number of amides is 3. The van der Waals surface area contributed by atoms with Crippen molar-refractivity contribution in [1.82, 2.24) is 44.6 Å². The van der Waals surface area contributed by atoms with Gasteiger partial charge in [-0.3, -0.25) is 43.3 Å². The number of carbonyl (C=O) groups excluding carboxylic acids is 5. The van der Waals surface area contributed by atoms with Crippen molar-refractivity contribution in [2.45, 2.75) is 110 Å². The molecule has 6 aromatic rings.